The Morgan fingerprint density at radius 3 is 0.778 bits per heavy atom. The van der Waals surface area contributed by atoms with E-state index < -0.39 is 23.9 Å². The summed E-state index contributed by atoms with van der Waals surface area (Å²) in [5.74, 6) is -4.33. The number of carboxylic acids is 4. The minimum atomic E-state index is -1.08. The zero-order valence-corrected chi connectivity index (χ0v) is 25.7. The van der Waals surface area contributed by atoms with Gasteiger partial charge in [-0.3, -0.25) is 0 Å². The second kappa shape index (κ2) is 56.5. The first-order valence-electron chi connectivity index (χ1n) is 6.16. The second-order valence-electron chi connectivity index (χ2n) is 3.29. The van der Waals surface area contributed by atoms with Crippen molar-refractivity contribution in [2.45, 2.75) is 27.7 Å². The Hall–Kier alpha value is 1.76. The van der Waals surface area contributed by atoms with Crippen LogP contribution in [0.15, 0.2) is 0 Å². The minimum Gasteiger partial charge on any atom is -0.550 e. The predicted molar refractivity (Wildman–Crippen MR) is 73.7 cm³/mol. The summed E-state index contributed by atoms with van der Waals surface area (Å²) in [6, 6.07) is 0. The molecule has 0 aliphatic rings. The van der Waals surface area contributed by atoms with Crippen molar-refractivity contribution >= 4 is 23.9 Å². The molecule has 0 saturated carbocycles. The van der Waals surface area contributed by atoms with E-state index in [0.717, 1.165) is 40.8 Å². The first-order chi connectivity index (χ1) is 10.3. The topological polar surface area (TPSA) is 225 Å². The molecular formula is C12H25N3Na4O8. The Balaban J connectivity index is -0.0000000211. The maximum absolute atomic E-state index is 8.89. The van der Waals surface area contributed by atoms with Gasteiger partial charge in [-0.15, -0.1) is 0 Å². The molecular weight excluding hydrogens is 406 g/mol. The fourth-order valence-corrected chi connectivity index (χ4v) is 0.329. The van der Waals surface area contributed by atoms with Crippen LogP contribution in [-0.2, 0) is 19.2 Å². The zero-order valence-electron chi connectivity index (χ0n) is 17.7. The molecule has 0 aromatic carbocycles. The van der Waals surface area contributed by atoms with Crippen LogP contribution < -0.4 is 155 Å². The molecule has 0 radical (unpaired) electrons. The number of hydrogen-bond acceptors (Lipinski definition) is 11. The van der Waals surface area contributed by atoms with Gasteiger partial charge in [-0.05, 0) is 27.7 Å². The molecule has 0 heterocycles. The minimum absolute atomic E-state index is 0. The number of carbonyl (C=O) groups is 4. The molecule has 0 unspecified atom stereocenters. The van der Waals surface area contributed by atoms with Gasteiger partial charge in [0.25, 0.3) is 0 Å². The van der Waals surface area contributed by atoms with Gasteiger partial charge in [0, 0.05) is 50.1 Å². The molecule has 0 aromatic rings. The molecule has 0 saturated heterocycles. The number of carboxylic acid groups (broad SMARTS) is 4. The van der Waals surface area contributed by atoms with Gasteiger partial charge in [-0.1, -0.05) is 0 Å². The van der Waals surface area contributed by atoms with Crippen molar-refractivity contribution in [1.29, 1.82) is 0 Å². The van der Waals surface area contributed by atoms with E-state index in [2.05, 4.69) is 5.32 Å². The van der Waals surface area contributed by atoms with E-state index in [-0.39, 0.29) is 118 Å². The number of carbonyl (C=O) groups excluding carboxylic acids is 4. The van der Waals surface area contributed by atoms with Crippen LogP contribution in [0.4, 0.5) is 0 Å². The first kappa shape index (κ1) is 56.8. The van der Waals surface area contributed by atoms with E-state index in [1.54, 1.807) is 0 Å². The van der Waals surface area contributed by atoms with Crippen molar-refractivity contribution in [1.82, 2.24) is 5.32 Å². The Kier molecular flexibility index (Phi) is 119. The summed E-state index contributed by atoms with van der Waals surface area (Å²) in [6.45, 7) is 7.02. The van der Waals surface area contributed by atoms with Crippen molar-refractivity contribution in [3.8, 4) is 0 Å². The quantitative estimate of drug-likeness (QED) is 0.280. The van der Waals surface area contributed by atoms with Crippen LogP contribution in [0, 0.1) is 0 Å². The Morgan fingerprint density at radius 2 is 0.704 bits per heavy atom. The van der Waals surface area contributed by atoms with Gasteiger partial charge in [-0.25, -0.2) is 0 Å². The first-order valence-corrected chi connectivity index (χ1v) is 6.16. The number of rotatable bonds is 4. The van der Waals surface area contributed by atoms with Crippen LogP contribution in [0.5, 0.6) is 0 Å². The number of aliphatic carboxylic acids is 4. The molecule has 11 nitrogen and oxygen atoms in total. The second-order valence-corrected chi connectivity index (χ2v) is 3.29. The Bertz CT molecular complexity index is 246. The third-order valence-corrected chi connectivity index (χ3v) is 0.642. The van der Waals surface area contributed by atoms with Gasteiger partial charge in [0.1, 0.15) is 0 Å². The summed E-state index contributed by atoms with van der Waals surface area (Å²) < 4.78 is 0. The summed E-state index contributed by atoms with van der Waals surface area (Å²) >= 11 is 0. The smallest absolute Gasteiger partial charge is 0.550 e. The molecule has 0 aliphatic heterocycles. The van der Waals surface area contributed by atoms with Crippen LogP contribution >= 0.6 is 0 Å². The molecule has 0 aliphatic carbocycles. The summed E-state index contributed by atoms with van der Waals surface area (Å²) in [5.41, 5.74) is 10.3. The van der Waals surface area contributed by atoms with Crippen LogP contribution in [0.25, 0.3) is 0 Å². The molecule has 0 spiro atoms. The molecule has 0 aromatic heterocycles. The van der Waals surface area contributed by atoms with Gasteiger partial charge in [0.2, 0.25) is 0 Å². The zero-order chi connectivity index (χ0) is 19.8. The number of nitrogens with two attached hydrogens (primary N) is 2. The predicted octanol–water partition coefficient (Wildman–Crippen LogP) is -18.5. The standard InChI is InChI=1S/C4H13N3.4C2H4O2.4Na/c5-1-3-7-4-2-6;4*1-2(3)4;;;;/h7H,1-6H2;4*1H3,(H,3,4);;;;/q;;;;;4*+1/p-4. The molecule has 140 valence electrons. The van der Waals surface area contributed by atoms with Gasteiger partial charge < -0.3 is 56.4 Å². The van der Waals surface area contributed by atoms with E-state index in [0.29, 0.717) is 13.1 Å². The maximum Gasteiger partial charge on any atom is 1.00 e. The fraction of sp³-hybridized carbons (Fsp3) is 0.667. The molecule has 5 N–H and O–H groups in total. The van der Waals surface area contributed by atoms with Crippen molar-refractivity contribution in [2.75, 3.05) is 26.2 Å². The van der Waals surface area contributed by atoms with E-state index in [9.17, 15) is 0 Å². The molecule has 0 fully saturated rings. The van der Waals surface area contributed by atoms with Gasteiger partial charge in [-0.2, -0.15) is 0 Å². The molecule has 0 bridgehead atoms. The summed E-state index contributed by atoms with van der Waals surface area (Å²) in [6.07, 6.45) is 0. The summed E-state index contributed by atoms with van der Waals surface area (Å²) in [7, 11) is 0. The van der Waals surface area contributed by atoms with Gasteiger partial charge in [0.05, 0.1) is 0 Å². The Labute approximate surface area is 248 Å². The van der Waals surface area contributed by atoms with Crippen LogP contribution in [-0.4, -0.2) is 50.1 Å². The van der Waals surface area contributed by atoms with Crippen LogP contribution in [0.2, 0.25) is 0 Å². The van der Waals surface area contributed by atoms with E-state index in [4.69, 9.17) is 51.1 Å². The molecule has 15 heteroatoms. The molecule has 0 amide bonds. The third-order valence-electron chi connectivity index (χ3n) is 0.642. The average molecular weight is 431 g/mol. The number of hydrogen-bond donors (Lipinski definition) is 3. The molecule has 0 rings (SSSR count). The van der Waals surface area contributed by atoms with E-state index in [1.165, 1.54) is 0 Å². The normalized spacial score (nSPS) is 6.15. The number of nitrogens with one attached hydrogen (secondary N) is 1. The van der Waals surface area contributed by atoms with Crippen molar-refractivity contribution in [2.24, 2.45) is 11.5 Å². The van der Waals surface area contributed by atoms with Crippen molar-refractivity contribution in [3.05, 3.63) is 0 Å². The van der Waals surface area contributed by atoms with Crippen LogP contribution in [0.3, 0.4) is 0 Å². The SMILES string of the molecule is CC(=O)[O-].CC(=O)[O-].CC(=O)[O-].CC(=O)[O-].NCCNCCN.[Na+].[Na+].[Na+].[Na+]. The molecule has 0 atom stereocenters. The summed E-state index contributed by atoms with van der Waals surface area (Å²) in [4.78, 5) is 35.6. The third kappa shape index (κ3) is 555. The van der Waals surface area contributed by atoms with Crippen LogP contribution in [0.1, 0.15) is 27.7 Å². The van der Waals surface area contributed by atoms with Crippen molar-refractivity contribution < 1.29 is 158 Å². The van der Waals surface area contributed by atoms with Gasteiger partial charge >= 0.3 is 118 Å². The fourth-order valence-electron chi connectivity index (χ4n) is 0.329. The monoisotopic (exact) mass is 431 g/mol. The summed E-state index contributed by atoms with van der Waals surface area (Å²) in [5, 5.41) is 38.6. The average Bonchev–Trinajstić information content (AvgIpc) is 2.26. The maximum atomic E-state index is 8.89. The van der Waals surface area contributed by atoms with Gasteiger partial charge in [0.15, 0.2) is 0 Å². The Morgan fingerprint density at radius 1 is 0.593 bits per heavy atom. The van der Waals surface area contributed by atoms with E-state index >= 15 is 0 Å². The molecule has 27 heavy (non-hydrogen) atoms. The largest absolute Gasteiger partial charge is 1.00 e. The van der Waals surface area contributed by atoms with E-state index in [1.807, 2.05) is 0 Å². The van der Waals surface area contributed by atoms with Crippen molar-refractivity contribution in [3.63, 3.8) is 0 Å².